The van der Waals surface area contributed by atoms with Crippen LogP contribution in [0.15, 0.2) is 77.7 Å². The maximum atomic E-state index is 13.3. The number of aryl methyl sites for hydroxylation is 1. The summed E-state index contributed by atoms with van der Waals surface area (Å²) in [4.78, 5) is 12.8. The summed E-state index contributed by atoms with van der Waals surface area (Å²) in [6, 6.07) is 19.7. The van der Waals surface area contributed by atoms with Crippen LogP contribution < -0.4 is 14.4 Å². The zero-order valence-electron chi connectivity index (χ0n) is 16.5. The molecule has 30 heavy (non-hydrogen) atoms. The maximum absolute atomic E-state index is 13.3. The lowest BCUT2D eigenvalue weighted by Gasteiger charge is -2.25. The highest BCUT2D eigenvalue weighted by Gasteiger charge is 2.28. The van der Waals surface area contributed by atoms with Crippen LogP contribution >= 0.6 is 11.6 Å². The van der Waals surface area contributed by atoms with Crippen molar-refractivity contribution in [3.63, 3.8) is 0 Å². The first-order chi connectivity index (χ1) is 14.3. The molecule has 6 nitrogen and oxygen atoms in total. The number of methoxy groups -OCH3 is 1. The summed E-state index contributed by atoms with van der Waals surface area (Å²) in [7, 11) is -2.48. The van der Waals surface area contributed by atoms with Gasteiger partial charge in [-0.1, -0.05) is 41.4 Å². The van der Waals surface area contributed by atoms with Gasteiger partial charge in [0.2, 0.25) is 5.91 Å². The first-order valence-corrected chi connectivity index (χ1v) is 10.9. The Hall–Kier alpha value is -3.03. The van der Waals surface area contributed by atoms with Gasteiger partial charge in [-0.15, -0.1) is 0 Å². The molecule has 0 fully saturated rings. The molecule has 1 N–H and O–H groups in total. The molecule has 3 aromatic rings. The summed E-state index contributed by atoms with van der Waals surface area (Å²) in [5, 5.41) is 2.93. The van der Waals surface area contributed by atoms with Crippen molar-refractivity contribution in [1.82, 2.24) is 0 Å². The number of anilines is 2. The second-order valence-electron chi connectivity index (χ2n) is 6.55. The SMILES string of the molecule is COc1ccc(NC(=O)CN(c2ccccc2Cl)S(=O)(=O)c2ccc(C)cc2)cc1. The number of nitrogens with zero attached hydrogens (tertiary/aromatic N) is 1. The van der Waals surface area contributed by atoms with Crippen LogP contribution in [0.3, 0.4) is 0 Å². The normalized spacial score (nSPS) is 11.0. The Morgan fingerprint density at radius 2 is 1.63 bits per heavy atom. The van der Waals surface area contributed by atoms with E-state index < -0.39 is 22.5 Å². The van der Waals surface area contributed by atoms with Crippen molar-refractivity contribution in [3.8, 4) is 5.75 Å². The van der Waals surface area contributed by atoms with Gasteiger partial charge in [-0.25, -0.2) is 8.42 Å². The van der Waals surface area contributed by atoms with Gasteiger partial charge in [-0.2, -0.15) is 0 Å². The van der Waals surface area contributed by atoms with E-state index in [1.807, 2.05) is 6.92 Å². The van der Waals surface area contributed by atoms with E-state index in [1.54, 1.807) is 67.8 Å². The third-order valence-electron chi connectivity index (χ3n) is 4.39. The van der Waals surface area contributed by atoms with Crippen LogP contribution in [-0.4, -0.2) is 28.0 Å². The number of rotatable bonds is 7. The summed E-state index contributed by atoms with van der Waals surface area (Å²) in [6.07, 6.45) is 0. The van der Waals surface area contributed by atoms with E-state index in [0.717, 1.165) is 9.87 Å². The van der Waals surface area contributed by atoms with Crippen molar-refractivity contribution < 1.29 is 17.9 Å². The summed E-state index contributed by atoms with van der Waals surface area (Å²) < 4.78 is 32.8. The highest BCUT2D eigenvalue weighted by Crippen LogP contribution is 2.30. The topological polar surface area (TPSA) is 75.7 Å². The fourth-order valence-corrected chi connectivity index (χ4v) is 4.52. The molecule has 0 atom stereocenters. The number of halogens is 1. The van der Waals surface area contributed by atoms with E-state index >= 15 is 0 Å². The average Bonchev–Trinajstić information content (AvgIpc) is 2.73. The van der Waals surface area contributed by atoms with E-state index in [4.69, 9.17) is 16.3 Å². The Kier molecular flexibility index (Phi) is 6.64. The number of ether oxygens (including phenoxy) is 1. The summed E-state index contributed by atoms with van der Waals surface area (Å²) in [5.41, 5.74) is 1.67. The van der Waals surface area contributed by atoms with E-state index in [1.165, 1.54) is 12.1 Å². The van der Waals surface area contributed by atoms with Gasteiger partial charge in [-0.3, -0.25) is 9.10 Å². The number of carbonyl (C=O) groups excluding carboxylic acids is 1. The molecule has 0 saturated carbocycles. The number of sulfonamides is 1. The molecule has 0 heterocycles. The molecule has 156 valence electrons. The highest BCUT2D eigenvalue weighted by atomic mass is 35.5. The molecular weight excluding hydrogens is 424 g/mol. The lowest BCUT2D eigenvalue weighted by atomic mass is 10.2. The van der Waals surface area contributed by atoms with Gasteiger partial charge < -0.3 is 10.1 Å². The van der Waals surface area contributed by atoms with E-state index in [-0.39, 0.29) is 15.6 Å². The quantitative estimate of drug-likeness (QED) is 0.582. The number of benzene rings is 3. The Bertz CT molecular complexity index is 1130. The Morgan fingerprint density at radius 3 is 2.23 bits per heavy atom. The summed E-state index contributed by atoms with van der Waals surface area (Å²) >= 11 is 6.26. The van der Waals surface area contributed by atoms with E-state index in [9.17, 15) is 13.2 Å². The molecule has 1 amide bonds. The maximum Gasteiger partial charge on any atom is 0.264 e. The summed E-state index contributed by atoms with van der Waals surface area (Å²) in [6.45, 7) is 1.43. The van der Waals surface area contributed by atoms with Crippen molar-refractivity contribution in [2.24, 2.45) is 0 Å². The van der Waals surface area contributed by atoms with Crippen LogP contribution in [-0.2, 0) is 14.8 Å². The molecule has 0 aliphatic carbocycles. The number of hydrogen-bond acceptors (Lipinski definition) is 4. The fraction of sp³-hybridized carbons (Fsp3) is 0.136. The molecule has 0 aromatic heterocycles. The second kappa shape index (κ2) is 9.19. The third kappa shape index (κ3) is 4.93. The zero-order chi connectivity index (χ0) is 21.7. The van der Waals surface area contributed by atoms with Crippen molar-refractivity contribution in [3.05, 3.63) is 83.4 Å². The van der Waals surface area contributed by atoms with Crippen molar-refractivity contribution in [2.75, 3.05) is 23.3 Å². The Morgan fingerprint density at radius 1 is 1.00 bits per heavy atom. The van der Waals surface area contributed by atoms with Gasteiger partial charge >= 0.3 is 0 Å². The van der Waals surface area contributed by atoms with Crippen molar-refractivity contribution >= 4 is 38.9 Å². The molecule has 0 spiro atoms. The lowest BCUT2D eigenvalue weighted by molar-refractivity contribution is -0.114. The second-order valence-corrected chi connectivity index (χ2v) is 8.82. The summed E-state index contributed by atoms with van der Waals surface area (Å²) in [5.74, 6) is 0.142. The smallest absolute Gasteiger partial charge is 0.264 e. The predicted molar refractivity (Wildman–Crippen MR) is 119 cm³/mol. The van der Waals surface area contributed by atoms with Crippen LogP contribution in [0.2, 0.25) is 5.02 Å². The number of para-hydroxylation sites is 1. The van der Waals surface area contributed by atoms with Gasteiger partial charge in [0.15, 0.2) is 0 Å². The molecule has 0 bridgehead atoms. The average molecular weight is 445 g/mol. The standard InChI is InChI=1S/C22H21ClN2O4S/c1-16-7-13-19(14-8-16)30(27,28)25(21-6-4-3-5-20(21)23)15-22(26)24-17-9-11-18(29-2)12-10-17/h3-14H,15H2,1-2H3,(H,24,26). The van der Waals surface area contributed by atoms with Gasteiger partial charge in [0.05, 0.1) is 22.7 Å². The van der Waals surface area contributed by atoms with Gasteiger partial charge in [-0.05, 0) is 55.5 Å². The Labute approximate surface area is 181 Å². The minimum Gasteiger partial charge on any atom is -0.497 e. The van der Waals surface area contributed by atoms with Crippen molar-refractivity contribution in [2.45, 2.75) is 11.8 Å². The van der Waals surface area contributed by atoms with Crippen LogP contribution in [0, 0.1) is 6.92 Å². The first kappa shape index (κ1) is 21.7. The number of nitrogens with one attached hydrogen (secondary N) is 1. The Balaban J connectivity index is 1.92. The van der Waals surface area contributed by atoms with Crippen molar-refractivity contribution in [1.29, 1.82) is 0 Å². The van der Waals surface area contributed by atoms with Crippen LogP contribution in [0.5, 0.6) is 5.75 Å². The minimum atomic E-state index is -4.02. The van der Waals surface area contributed by atoms with E-state index in [0.29, 0.717) is 11.4 Å². The molecule has 0 unspecified atom stereocenters. The molecule has 0 aliphatic rings. The molecule has 8 heteroatoms. The number of amides is 1. The van der Waals surface area contributed by atoms with Crippen LogP contribution in [0.4, 0.5) is 11.4 Å². The fourth-order valence-electron chi connectivity index (χ4n) is 2.80. The zero-order valence-corrected chi connectivity index (χ0v) is 18.1. The van der Waals surface area contributed by atoms with Gasteiger partial charge in [0.1, 0.15) is 12.3 Å². The number of hydrogen-bond donors (Lipinski definition) is 1. The predicted octanol–water partition coefficient (Wildman–Crippen LogP) is 4.49. The van der Waals surface area contributed by atoms with Crippen LogP contribution in [0.25, 0.3) is 0 Å². The van der Waals surface area contributed by atoms with E-state index in [2.05, 4.69) is 5.32 Å². The largest absolute Gasteiger partial charge is 0.497 e. The molecule has 3 aromatic carbocycles. The molecule has 3 rings (SSSR count). The van der Waals surface area contributed by atoms with Crippen LogP contribution in [0.1, 0.15) is 5.56 Å². The lowest BCUT2D eigenvalue weighted by Crippen LogP contribution is -2.38. The number of carbonyl (C=O) groups is 1. The van der Waals surface area contributed by atoms with Gasteiger partial charge in [0, 0.05) is 5.69 Å². The minimum absolute atomic E-state index is 0.0743. The molecular formula is C22H21ClN2O4S. The monoisotopic (exact) mass is 444 g/mol. The third-order valence-corrected chi connectivity index (χ3v) is 6.48. The first-order valence-electron chi connectivity index (χ1n) is 9.09. The highest BCUT2D eigenvalue weighted by molar-refractivity contribution is 7.92. The molecule has 0 radical (unpaired) electrons. The molecule has 0 aliphatic heterocycles. The molecule has 0 saturated heterocycles. The van der Waals surface area contributed by atoms with Gasteiger partial charge in [0.25, 0.3) is 10.0 Å².